The number of ketones is 1. The number of hydrogen-bond donors (Lipinski definition) is 0. The van der Waals surface area contributed by atoms with E-state index in [1.165, 1.54) is 6.42 Å². The van der Waals surface area contributed by atoms with Gasteiger partial charge in [-0.3, -0.25) is 9.59 Å². The molecule has 0 unspecified atom stereocenters. The van der Waals surface area contributed by atoms with Gasteiger partial charge < -0.3 is 4.90 Å². The fourth-order valence-electron chi connectivity index (χ4n) is 5.30. The largest absolute Gasteiger partial charge is 0.339 e. The molecule has 3 aliphatic rings. The number of rotatable bonds is 2. The molecule has 3 atom stereocenters. The van der Waals surface area contributed by atoms with Crippen molar-refractivity contribution in [2.24, 2.45) is 16.2 Å². The van der Waals surface area contributed by atoms with E-state index in [4.69, 9.17) is 0 Å². The summed E-state index contributed by atoms with van der Waals surface area (Å²) in [5.41, 5.74) is -0.923. The summed E-state index contributed by atoms with van der Waals surface area (Å²) in [5, 5.41) is 0. The third-order valence-corrected chi connectivity index (χ3v) is 7.47. The molecule has 3 rings (SSSR count). The van der Waals surface area contributed by atoms with E-state index in [9.17, 15) is 9.59 Å². The predicted molar refractivity (Wildman–Crippen MR) is 82.8 cm³/mol. The van der Waals surface area contributed by atoms with Crippen LogP contribution in [0.2, 0.25) is 0 Å². The van der Waals surface area contributed by atoms with Gasteiger partial charge in [-0.05, 0) is 43.9 Å². The van der Waals surface area contributed by atoms with Crippen LogP contribution in [0.1, 0.15) is 72.6 Å². The fourth-order valence-corrected chi connectivity index (χ4v) is 5.30. The Morgan fingerprint density at radius 1 is 1.24 bits per heavy atom. The van der Waals surface area contributed by atoms with E-state index in [0.29, 0.717) is 18.2 Å². The van der Waals surface area contributed by atoms with E-state index in [0.717, 1.165) is 38.6 Å². The quantitative estimate of drug-likeness (QED) is 0.780. The average Bonchev–Trinajstić information content (AvgIpc) is 2.76. The molecule has 0 aromatic rings. The predicted octanol–water partition coefficient (Wildman–Crippen LogP) is 3.56. The second kappa shape index (κ2) is 4.57. The molecule has 118 valence electrons. The molecule has 3 nitrogen and oxygen atoms in total. The van der Waals surface area contributed by atoms with E-state index in [1.54, 1.807) is 0 Å². The number of hydrogen-bond acceptors (Lipinski definition) is 2. The monoisotopic (exact) mass is 291 g/mol. The van der Waals surface area contributed by atoms with Gasteiger partial charge in [-0.2, -0.15) is 0 Å². The van der Waals surface area contributed by atoms with Gasteiger partial charge in [0.05, 0.1) is 5.41 Å². The van der Waals surface area contributed by atoms with Crippen molar-refractivity contribution in [1.29, 1.82) is 0 Å². The molecule has 2 bridgehead atoms. The van der Waals surface area contributed by atoms with Gasteiger partial charge in [0.2, 0.25) is 5.91 Å². The Morgan fingerprint density at radius 2 is 1.95 bits per heavy atom. The molecule has 2 saturated carbocycles. The van der Waals surface area contributed by atoms with Gasteiger partial charge in [-0.1, -0.05) is 27.7 Å². The Bertz CT molecular complexity index is 484. The maximum Gasteiger partial charge on any atom is 0.230 e. The molecular formula is C18H29NO2. The molecule has 21 heavy (non-hydrogen) atoms. The van der Waals surface area contributed by atoms with Gasteiger partial charge in [0.1, 0.15) is 5.78 Å². The molecule has 1 aliphatic heterocycles. The van der Waals surface area contributed by atoms with E-state index >= 15 is 0 Å². The van der Waals surface area contributed by atoms with Crippen LogP contribution in [0, 0.1) is 16.2 Å². The number of Topliss-reactive ketones (excluding diaryl/α,β-unsaturated/α-hetero) is 1. The summed E-state index contributed by atoms with van der Waals surface area (Å²) in [6.45, 7) is 9.48. The SMILES string of the molecule is CC[C@@H]1CCCCN1C(=O)[C@]12CC[C@@](C)(C(=O)C1)C2(C)C. The lowest BCUT2D eigenvalue weighted by atomic mass is 9.64. The van der Waals surface area contributed by atoms with Gasteiger partial charge in [-0.15, -0.1) is 0 Å². The van der Waals surface area contributed by atoms with Crippen LogP contribution < -0.4 is 0 Å². The lowest BCUT2D eigenvalue weighted by Crippen LogP contribution is -2.53. The zero-order valence-electron chi connectivity index (χ0n) is 14.0. The highest BCUT2D eigenvalue weighted by Gasteiger charge is 2.73. The summed E-state index contributed by atoms with van der Waals surface area (Å²) in [7, 11) is 0. The van der Waals surface area contributed by atoms with Crippen LogP contribution in [0.25, 0.3) is 0 Å². The van der Waals surface area contributed by atoms with E-state index in [1.807, 2.05) is 0 Å². The van der Waals surface area contributed by atoms with Crippen molar-refractivity contribution < 1.29 is 9.59 Å². The van der Waals surface area contributed by atoms with Crippen molar-refractivity contribution in [2.45, 2.75) is 78.7 Å². The molecule has 1 amide bonds. The first-order valence-corrected chi connectivity index (χ1v) is 8.64. The molecule has 0 radical (unpaired) electrons. The Hall–Kier alpha value is -0.860. The van der Waals surface area contributed by atoms with Crippen molar-refractivity contribution in [1.82, 2.24) is 4.90 Å². The van der Waals surface area contributed by atoms with Crippen LogP contribution in [0.15, 0.2) is 0 Å². The molecule has 3 heteroatoms. The number of nitrogens with zero attached hydrogens (tertiary/aromatic N) is 1. The number of amides is 1. The van der Waals surface area contributed by atoms with Crippen LogP contribution in [0.5, 0.6) is 0 Å². The van der Waals surface area contributed by atoms with Crippen LogP contribution in [-0.2, 0) is 9.59 Å². The first kappa shape index (κ1) is 15.1. The molecule has 2 aliphatic carbocycles. The average molecular weight is 291 g/mol. The second-order valence-corrected chi connectivity index (χ2v) is 8.20. The van der Waals surface area contributed by atoms with Gasteiger partial charge in [0.25, 0.3) is 0 Å². The van der Waals surface area contributed by atoms with Crippen molar-refractivity contribution >= 4 is 11.7 Å². The van der Waals surface area contributed by atoms with E-state index in [-0.39, 0.29) is 16.7 Å². The molecular weight excluding hydrogens is 262 g/mol. The first-order chi connectivity index (χ1) is 9.80. The molecule has 0 N–H and O–H groups in total. The van der Waals surface area contributed by atoms with Gasteiger partial charge in [0, 0.05) is 24.4 Å². The van der Waals surface area contributed by atoms with Crippen LogP contribution in [0.3, 0.4) is 0 Å². The van der Waals surface area contributed by atoms with Crippen molar-refractivity contribution in [3.8, 4) is 0 Å². The summed E-state index contributed by atoms with van der Waals surface area (Å²) in [6.07, 6.45) is 6.77. The highest BCUT2D eigenvalue weighted by molar-refractivity contribution is 5.99. The minimum atomic E-state index is -0.427. The Labute approximate surface area is 128 Å². The summed E-state index contributed by atoms with van der Waals surface area (Å²) in [6, 6.07) is 0.388. The topological polar surface area (TPSA) is 37.4 Å². The maximum absolute atomic E-state index is 13.4. The number of piperidine rings is 1. The number of fused-ring (bicyclic) bond motifs is 2. The molecule has 0 spiro atoms. The zero-order valence-corrected chi connectivity index (χ0v) is 14.0. The van der Waals surface area contributed by atoms with E-state index in [2.05, 4.69) is 32.6 Å². The van der Waals surface area contributed by atoms with Crippen LogP contribution in [-0.4, -0.2) is 29.2 Å². The summed E-state index contributed by atoms with van der Waals surface area (Å²) < 4.78 is 0. The van der Waals surface area contributed by atoms with Crippen LogP contribution in [0.4, 0.5) is 0 Å². The third kappa shape index (κ3) is 1.66. The number of carbonyl (C=O) groups excluding carboxylic acids is 2. The standard InChI is InChI=1S/C18H29NO2/c1-5-13-8-6-7-11-19(13)15(21)18-10-9-17(4,14(20)12-18)16(18,2)3/h13H,5-12H2,1-4H3/t13-,17+,18+/m1/s1. The molecule has 3 fully saturated rings. The Balaban J connectivity index is 1.96. The maximum atomic E-state index is 13.4. The zero-order chi connectivity index (χ0) is 15.5. The van der Waals surface area contributed by atoms with Crippen molar-refractivity contribution in [3.63, 3.8) is 0 Å². The summed E-state index contributed by atoms with van der Waals surface area (Å²) in [5.74, 6) is 0.603. The minimum absolute atomic E-state index is 0.204. The highest BCUT2D eigenvalue weighted by Crippen LogP contribution is 2.71. The lowest BCUT2D eigenvalue weighted by Gasteiger charge is -2.45. The molecule has 0 aromatic heterocycles. The Kier molecular flexibility index (Phi) is 3.27. The fraction of sp³-hybridized carbons (Fsp3) is 0.889. The van der Waals surface area contributed by atoms with Crippen LogP contribution >= 0.6 is 0 Å². The number of carbonyl (C=O) groups is 2. The highest BCUT2D eigenvalue weighted by atomic mass is 16.2. The van der Waals surface area contributed by atoms with Crippen molar-refractivity contribution in [2.75, 3.05) is 6.54 Å². The van der Waals surface area contributed by atoms with E-state index < -0.39 is 5.41 Å². The Morgan fingerprint density at radius 3 is 2.48 bits per heavy atom. The van der Waals surface area contributed by atoms with Gasteiger partial charge in [-0.25, -0.2) is 0 Å². The summed E-state index contributed by atoms with van der Waals surface area (Å²) >= 11 is 0. The molecule has 0 aromatic carbocycles. The van der Waals surface area contributed by atoms with Gasteiger partial charge >= 0.3 is 0 Å². The third-order valence-electron chi connectivity index (χ3n) is 7.47. The smallest absolute Gasteiger partial charge is 0.230 e. The molecule has 1 saturated heterocycles. The second-order valence-electron chi connectivity index (χ2n) is 8.20. The lowest BCUT2D eigenvalue weighted by molar-refractivity contribution is -0.151. The van der Waals surface area contributed by atoms with Gasteiger partial charge in [0.15, 0.2) is 0 Å². The first-order valence-electron chi connectivity index (χ1n) is 8.64. The molecule has 1 heterocycles. The summed E-state index contributed by atoms with van der Waals surface area (Å²) in [4.78, 5) is 28.1. The minimum Gasteiger partial charge on any atom is -0.339 e. The van der Waals surface area contributed by atoms with Crippen molar-refractivity contribution in [3.05, 3.63) is 0 Å². The number of likely N-dealkylation sites (tertiary alicyclic amines) is 1. The normalized spacial score (nSPS) is 41.6.